The number of terminal acetylenes is 1. The van der Waals surface area contributed by atoms with Crippen LogP contribution in [0.2, 0.25) is 0 Å². The Labute approximate surface area is 55.6 Å². The predicted molar refractivity (Wildman–Crippen MR) is 37.0 cm³/mol. The molecule has 0 bridgehead atoms. The number of rotatable bonds is 4. The molecule has 0 spiro atoms. The van der Waals surface area contributed by atoms with E-state index in [2.05, 4.69) is 11.2 Å². The zero-order chi connectivity index (χ0) is 7.11. The van der Waals surface area contributed by atoms with Crippen LogP contribution in [0.25, 0.3) is 0 Å². The van der Waals surface area contributed by atoms with E-state index in [1.165, 1.54) is 0 Å². The Morgan fingerprint density at radius 2 is 2.44 bits per heavy atom. The minimum Gasteiger partial charge on any atom is -0.320 e. The molecule has 2 nitrogen and oxygen atoms in total. The van der Waals surface area contributed by atoms with E-state index < -0.39 is 0 Å². The smallest absolute Gasteiger partial charge is 0.205 e. The number of nitrogens with one attached hydrogen (secondary N) is 1. The van der Waals surface area contributed by atoms with E-state index >= 15 is 0 Å². The lowest BCUT2D eigenvalue weighted by atomic mass is 10.2. The third-order valence-electron chi connectivity index (χ3n) is 0.992. The first-order valence-electron chi connectivity index (χ1n) is 2.95. The molecule has 0 aliphatic carbocycles. The van der Waals surface area contributed by atoms with Crippen LogP contribution < -0.4 is 5.32 Å². The van der Waals surface area contributed by atoms with E-state index in [9.17, 15) is 4.79 Å². The molecule has 0 aromatic carbocycles. The molecule has 0 radical (unpaired) electrons. The highest BCUT2D eigenvalue weighted by Gasteiger charge is 1.92. The van der Waals surface area contributed by atoms with Gasteiger partial charge in [-0.15, -0.1) is 6.42 Å². The summed E-state index contributed by atoms with van der Waals surface area (Å²) < 4.78 is 0. The molecular formula is C7H11NO. The van der Waals surface area contributed by atoms with Gasteiger partial charge < -0.3 is 5.32 Å². The molecule has 0 rings (SSSR count). The highest BCUT2D eigenvalue weighted by molar-refractivity contribution is 5.94. The summed E-state index contributed by atoms with van der Waals surface area (Å²) in [7, 11) is 1.85. The summed E-state index contributed by atoms with van der Waals surface area (Å²) >= 11 is 0. The molecule has 0 aromatic rings. The second kappa shape index (κ2) is 5.33. The molecule has 0 atom stereocenters. The van der Waals surface area contributed by atoms with Crippen molar-refractivity contribution in [3.63, 3.8) is 0 Å². The van der Waals surface area contributed by atoms with Crippen LogP contribution in [0.5, 0.6) is 0 Å². The third-order valence-corrected chi connectivity index (χ3v) is 0.992. The highest BCUT2D eigenvalue weighted by Crippen LogP contribution is 1.86. The zero-order valence-electron chi connectivity index (χ0n) is 5.61. The number of ketones is 1. The monoisotopic (exact) mass is 125 g/mol. The van der Waals surface area contributed by atoms with Crippen molar-refractivity contribution in [2.75, 3.05) is 13.6 Å². The maximum Gasteiger partial charge on any atom is 0.205 e. The quantitative estimate of drug-likeness (QED) is 0.330. The molecule has 0 heterocycles. The first-order valence-corrected chi connectivity index (χ1v) is 2.95. The lowest BCUT2D eigenvalue weighted by molar-refractivity contribution is -0.113. The molecule has 50 valence electrons. The zero-order valence-corrected chi connectivity index (χ0v) is 5.61. The molecule has 0 amide bonds. The Bertz CT molecular complexity index is 123. The van der Waals surface area contributed by atoms with Crippen LogP contribution in [-0.2, 0) is 4.79 Å². The molecule has 0 aromatic heterocycles. The summed E-state index contributed by atoms with van der Waals surface area (Å²) in [5.74, 6) is 1.95. The van der Waals surface area contributed by atoms with Crippen molar-refractivity contribution in [2.45, 2.75) is 12.8 Å². The molecule has 0 saturated heterocycles. The summed E-state index contributed by atoms with van der Waals surface area (Å²) in [6.45, 7) is 0.855. The van der Waals surface area contributed by atoms with Gasteiger partial charge in [0, 0.05) is 6.42 Å². The van der Waals surface area contributed by atoms with Gasteiger partial charge in [-0.2, -0.15) is 0 Å². The fourth-order valence-corrected chi connectivity index (χ4v) is 0.498. The van der Waals surface area contributed by atoms with Crippen LogP contribution in [0.1, 0.15) is 12.8 Å². The number of Topliss-reactive ketones (excluding diaryl/α,β-unsaturated/α-hetero) is 1. The van der Waals surface area contributed by atoms with Gasteiger partial charge in [-0.1, -0.05) is 0 Å². The van der Waals surface area contributed by atoms with Crippen LogP contribution in [0.3, 0.4) is 0 Å². The van der Waals surface area contributed by atoms with Crippen molar-refractivity contribution in [2.24, 2.45) is 0 Å². The first-order chi connectivity index (χ1) is 4.31. The molecule has 9 heavy (non-hydrogen) atoms. The predicted octanol–water partition coefficient (Wildman–Crippen LogP) is 0.188. The van der Waals surface area contributed by atoms with Gasteiger partial charge in [0.2, 0.25) is 5.78 Å². The van der Waals surface area contributed by atoms with E-state index in [0.717, 1.165) is 13.0 Å². The molecule has 2 heteroatoms. The number of hydrogen-bond acceptors (Lipinski definition) is 2. The Balaban J connectivity index is 3.10. The molecule has 0 unspecified atom stereocenters. The Kier molecular flexibility index (Phi) is 4.85. The summed E-state index contributed by atoms with van der Waals surface area (Å²) in [6.07, 6.45) is 6.16. The Morgan fingerprint density at radius 1 is 1.78 bits per heavy atom. The topological polar surface area (TPSA) is 29.1 Å². The van der Waals surface area contributed by atoms with Gasteiger partial charge in [-0.25, -0.2) is 0 Å². The second-order valence-electron chi connectivity index (χ2n) is 1.77. The largest absolute Gasteiger partial charge is 0.320 e. The van der Waals surface area contributed by atoms with Crippen molar-refractivity contribution >= 4 is 5.78 Å². The molecule has 0 aliphatic heterocycles. The maximum absolute atomic E-state index is 10.4. The molecule has 0 fully saturated rings. The van der Waals surface area contributed by atoms with Gasteiger partial charge in [0.15, 0.2) is 0 Å². The minimum atomic E-state index is -0.106. The summed E-state index contributed by atoms with van der Waals surface area (Å²) in [4.78, 5) is 10.4. The van der Waals surface area contributed by atoms with Crippen LogP contribution in [-0.4, -0.2) is 19.4 Å². The maximum atomic E-state index is 10.4. The van der Waals surface area contributed by atoms with Gasteiger partial charge in [0.1, 0.15) is 0 Å². The normalized spacial score (nSPS) is 8.44. The summed E-state index contributed by atoms with van der Waals surface area (Å²) in [5.41, 5.74) is 0. The number of carbonyl (C=O) groups is 1. The van der Waals surface area contributed by atoms with Crippen LogP contribution in [0, 0.1) is 12.3 Å². The van der Waals surface area contributed by atoms with Gasteiger partial charge >= 0.3 is 0 Å². The van der Waals surface area contributed by atoms with Gasteiger partial charge in [-0.3, -0.25) is 4.79 Å². The van der Waals surface area contributed by atoms with E-state index in [0.29, 0.717) is 6.42 Å². The Hall–Kier alpha value is -0.810. The lowest BCUT2D eigenvalue weighted by Crippen LogP contribution is -2.08. The molecule has 0 saturated carbocycles. The van der Waals surface area contributed by atoms with E-state index in [1.807, 2.05) is 7.05 Å². The highest BCUT2D eigenvalue weighted by atomic mass is 16.1. The van der Waals surface area contributed by atoms with E-state index in [1.54, 1.807) is 0 Å². The van der Waals surface area contributed by atoms with Gasteiger partial charge in [0.25, 0.3) is 0 Å². The van der Waals surface area contributed by atoms with E-state index in [4.69, 9.17) is 6.42 Å². The second-order valence-corrected chi connectivity index (χ2v) is 1.77. The van der Waals surface area contributed by atoms with Gasteiger partial charge in [-0.05, 0) is 25.9 Å². The van der Waals surface area contributed by atoms with Crippen molar-refractivity contribution in [1.29, 1.82) is 0 Å². The average molecular weight is 125 g/mol. The average Bonchev–Trinajstić information content (AvgIpc) is 1.89. The third kappa shape index (κ3) is 5.05. The molecular weight excluding hydrogens is 114 g/mol. The summed E-state index contributed by atoms with van der Waals surface area (Å²) in [6, 6.07) is 0. The number of hydrogen-bond donors (Lipinski definition) is 1. The van der Waals surface area contributed by atoms with Crippen LogP contribution >= 0.6 is 0 Å². The summed E-state index contributed by atoms with van der Waals surface area (Å²) in [5, 5.41) is 2.93. The van der Waals surface area contributed by atoms with Crippen LogP contribution in [0.15, 0.2) is 0 Å². The molecule has 1 N–H and O–H groups in total. The standard InChI is InChI=1S/C7H11NO/c1-3-7(9)5-4-6-8-2/h1,8H,4-6H2,2H3. The lowest BCUT2D eigenvalue weighted by Gasteiger charge is -1.92. The first kappa shape index (κ1) is 8.19. The Morgan fingerprint density at radius 3 is 2.89 bits per heavy atom. The fraction of sp³-hybridized carbons (Fsp3) is 0.571. The van der Waals surface area contributed by atoms with E-state index in [-0.39, 0.29) is 5.78 Å². The van der Waals surface area contributed by atoms with Crippen molar-refractivity contribution in [1.82, 2.24) is 5.32 Å². The molecule has 0 aliphatic rings. The van der Waals surface area contributed by atoms with Crippen molar-refractivity contribution in [3.05, 3.63) is 0 Å². The number of carbonyl (C=O) groups excluding carboxylic acids is 1. The fourth-order valence-electron chi connectivity index (χ4n) is 0.498. The van der Waals surface area contributed by atoms with Crippen molar-refractivity contribution in [3.8, 4) is 12.3 Å². The minimum absolute atomic E-state index is 0.106. The SMILES string of the molecule is C#CC(=O)CCCNC. The van der Waals surface area contributed by atoms with Gasteiger partial charge in [0.05, 0.1) is 0 Å². The van der Waals surface area contributed by atoms with Crippen molar-refractivity contribution < 1.29 is 4.79 Å². The van der Waals surface area contributed by atoms with Crippen LogP contribution in [0.4, 0.5) is 0 Å².